The molecule has 0 atom stereocenters. The molecule has 2 aromatic rings. The number of pyridine rings is 1. The van der Waals surface area contributed by atoms with E-state index >= 15 is 0 Å². The third-order valence-electron chi connectivity index (χ3n) is 3.39. The van der Waals surface area contributed by atoms with E-state index < -0.39 is 0 Å². The van der Waals surface area contributed by atoms with E-state index in [1.54, 1.807) is 44.9 Å². The first-order chi connectivity index (χ1) is 10.3. The van der Waals surface area contributed by atoms with E-state index in [0.717, 1.165) is 5.69 Å². The molecule has 0 radical (unpaired) electrons. The van der Waals surface area contributed by atoms with Gasteiger partial charge in [-0.15, -0.1) is 0 Å². The Morgan fingerprint density at radius 3 is 2.36 bits per heavy atom. The Kier molecular flexibility index (Phi) is 4.25. The van der Waals surface area contributed by atoms with Crippen molar-refractivity contribution in [2.24, 2.45) is 7.05 Å². The van der Waals surface area contributed by atoms with Gasteiger partial charge < -0.3 is 10.2 Å². The lowest BCUT2D eigenvalue weighted by Gasteiger charge is -2.10. The van der Waals surface area contributed by atoms with Crippen molar-refractivity contribution < 1.29 is 9.59 Å². The molecule has 0 saturated carbocycles. The highest BCUT2D eigenvalue weighted by atomic mass is 16.2. The van der Waals surface area contributed by atoms with Crippen molar-refractivity contribution in [3.05, 3.63) is 40.8 Å². The lowest BCUT2D eigenvalue weighted by Crippen LogP contribution is -2.22. The fourth-order valence-corrected chi connectivity index (χ4v) is 2.13. The Morgan fingerprint density at radius 1 is 1.23 bits per heavy atom. The van der Waals surface area contributed by atoms with Crippen molar-refractivity contribution in [3.8, 4) is 0 Å². The number of amides is 2. The van der Waals surface area contributed by atoms with Crippen LogP contribution in [0.3, 0.4) is 0 Å². The molecule has 7 heteroatoms. The lowest BCUT2D eigenvalue weighted by molar-refractivity contribution is 0.0827. The molecular weight excluding hydrogens is 282 g/mol. The molecule has 7 nitrogen and oxygen atoms in total. The third kappa shape index (κ3) is 2.98. The fourth-order valence-electron chi connectivity index (χ4n) is 2.13. The van der Waals surface area contributed by atoms with Crippen LogP contribution in [-0.4, -0.2) is 45.6 Å². The molecule has 0 aliphatic rings. The van der Waals surface area contributed by atoms with E-state index in [1.807, 2.05) is 6.92 Å². The first kappa shape index (κ1) is 15.7. The normalized spacial score (nSPS) is 10.4. The molecule has 0 aliphatic carbocycles. The summed E-state index contributed by atoms with van der Waals surface area (Å²) in [6.45, 7) is 3.62. The number of aromatic nitrogens is 3. The van der Waals surface area contributed by atoms with Gasteiger partial charge in [-0.25, -0.2) is 4.98 Å². The summed E-state index contributed by atoms with van der Waals surface area (Å²) in [5.41, 5.74) is 2.46. The van der Waals surface area contributed by atoms with Gasteiger partial charge in [0.1, 0.15) is 5.82 Å². The molecule has 2 heterocycles. The van der Waals surface area contributed by atoms with Gasteiger partial charge in [-0.2, -0.15) is 5.10 Å². The highest BCUT2D eigenvalue weighted by Crippen LogP contribution is 2.14. The van der Waals surface area contributed by atoms with Crippen LogP contribution >= 0.6 is 0 Å². The van der Waals surface area contributed by atoms with Crippen molar-refractivity contribution in [1.29, 1.82) is 0 Å². The number of hydrogen-bond donors (Lipinski definition) is 1. The van der Waals surface area contributed by atoms with Gasteiger partial charge in [-0.3, -0.25) is 14.3 Å². The molecule has 0 fully saturated rings. The number of carbonyl (C=O) groups excluding carboxylic acids is 2. The molecular formula is C15H19N5O2. The molecule has 0 bridgehead atoms. The van der Waals surface area contributed by atoms with Gasteiger partial charge in [0.25, 0.3) is 11.8 Å². The summed E-state index contributed by atoms with van der Waals surface area (Å²) in [7, 11) is 5.14. The van der Waals surface area contributed by atoms with Crippen LogP contribution in [0.4, 0.5) is 5.82 Å². The average Bonchev–Trinajstić information content (AvgIpc) is 2.72. The van der Waals surface area contributed by atoms with Crippen LogP contribution in [0.5, 0.6) is 0 Å². The Morgan fingerprint density at radius 2 is 1.91 bits per heavy atom. The summed E-state index contributed by atoms with van der Waals surface area (Å²) in [6.07, 6.45) is 1.45. The zero-order chi connectivity index (χ0) is 16.4. The number of anilines is 1. The number of hydrogen-bond acceptors (Lipinski definition) is 4. The van der Waals surface area contributed by atoms with Crippen LogP contribution in [0.2, 0.25) is 0 Å². The number of aryl methyl sites for hydroxylation is 2. The highest BCUT2D eigenvalue weighted by molar-refractivity contribution is 6.05. The van der Waals surface area contributed by atoms with Crippen molar-refractivity contribution in [2.75, 3.05) is 19.4 Å². The Hall–Kier alpha value is -2.70. The smallest absolute Gasteiger partial charge is 0.260 e. The molecule has 1 N–H and O–H groups in total. The van der Waals surface area contributed by atoms with E-state index in [2.05, 4.69) is 15.4 Å². The minimum atomic E-state index is -0.262. The van der Waals surface area contributed by atoms with Crippen molar-refractivity contribution in [1.82, 2.24) is 19.7 Å². The lowest BCUT2D eigenvalue weighted by atomic mass is 10.2. The number of rotatable bonds is 3. The van der Waals surface area contributed by atoms with E-state index in [0.29, 0.717) is 22.6 Å². The van der Waals surface area contributed by atoms with Crippen molar-refractivity contribution in [3.63, 3.8) is 0 Å². The fraction of sp³-hybridized carbons (Fsp3) is 0.333. The minimum absolute atomic E-state index is 0.135. The minimum Gasteiger partial charge on any atom is -0.345 e. The quantitative estimate of drug-likeness (QED) is 0.929. The second-order valence-corrected chi connectivity index (χ2v) is 5.26. The highest BCUT2D eigenvalue weighted by Gasteiger charge is 2.18. The summed E-state index contributed by atoms with van der Waals surface area (Å²) in [5, 5.41) is 6.94. The first-order valence-electron chi connectivity index (χ1n) is 6.80. The summed E-state index contributed by atoms with van der Waals surface area (Å²) in [5.74, 6) is -0.00503. The van der Waals surface area contributed by atoms with E-state index in [1.165, 1.54) is 11.1 Å². The van der Waals surface area contributed by atoms with Gasteiger partial charge in [-0.1, -0.05) is 0 Å². The van der Waals surface area contributed by atoms with Gasteiger partial charge in [0.15, 0.2) is 0 Å². The second-order valence-electron chi connectivity index (χ2n) is 5.26. The number of nitrogens with one attached hydrogen (secondary N) is 1. The standard InChI is InChI=1S/C15H19N5O2/c1-9-13(10(2)20(5)18-9)14(21)17-12-7-6-11(8-16-12)15(22)19(3)4/h6-8H,1-5H3,(H,16,17,21). The summed E-state index contributed by atoms with van der Waals surface area (Å²) in [4.78, 5) is 29.7. The van der Waals surface area contributed by atoms with Crippen molar-refractivity contribution >= 4 is 17.6 Å². The molecule has 116 valence electrons. The molecule has 2 rings (SSSR count). The van der Waals surface area contributed by atoms with E-state index in [4.69, 9.17) is 0 Å². The SMILES string of the molecule is Cc1nn(C)c(C)c1C(=O)Nc1ccc(C(=O)N(C)C)cn1. The van der Waals surface area contributed by atoms with Gasteiger partial charge in [0, 0.05) is 33.0 Å². The number of carbonyl (C=O) groups is 2. The Balaban J connectivity index is 2.17. The second kappa shape index (κ2) is 5.97. The predicted octanol–water partition coefficient (Wildman–Crippen LogP) is 1.39. The van der Waals surface area contributed by atoms with E-state index in [-0.39, 0.29) is 11.8 Å². The maximum atomic E-state index is 12.3. The predicted molar refractivity (Wildman–Crippen MR) is 82.9 cm³/mol. The summed E-state index contributed by atoms with van der Waals surface area (Å²) < 4.78 is 1.66. The molecule has 0 aliphatic heterocycles. The molecule has 2 amide bonds. The zero-order valence-electron chi connectivity index (χ0n) is 13.3. The Bertz CT molecular complexity index is 716. The molecule has 2 aromatic heterocycles. The summed E-state index contributed by atoms with van der Waals surface area (Å²) >= 11 is 0. The van der Waals surface area contributed by atoms with Crippen LogP contribution in [0.15, 0.2) is 18.3 Å². The largest absolute Gasteiger partial charge is 0.345 e. The third-order valence-corrected chi connectivity index (χ3v) is 3.39. The maximum Gasteiger partial charge on any atom is 0.260 e. The molecule has 0 aromatic carbocycles. The molecule has 0 saturated heterocycles. The van der Waals surface area contributed by atoms with Crippen LogP contribution in [0.1, 0.15) is 32.1 Å². The van der Waals surface area contributed by atoms with Crippen molar-refractivity contribution in [2.45, 2.75) is 13.8 Å². The first-order valence-corrected chi connectivity index (χ1v) is 6.80. The van der Waals surface area contributed by atoms with Gasteiger partial charge in [-0.05, 0) is 26.0 Å². The van der Waals surface area contributed by atoms with E-state index in [9.17, 15) is 9.59 Å². The zero-order valence-corrected chi connectivity index (χ0v) is 13.3. The van der Waals surface area contributed by atoms with Gasteiger partial charge >= 0.3 is 0 Å². The molecule has 22 heavy (non-hydrogen) atoms. The maximum absolute atomic E-state index is 12.3. The van der Waals surface area contributed by atoms with Gasteiger partial charge in [0.2, 0.25) is 0 Å². The van der Waals surface area contributed by atoms with Crippen LogP contribution < -0.4 is 5.32 Å². The summed E-state index contributed by atoms with van der Waals surface area (Å²) in [6, 6.07) is 3.24. The molecule has 0 unspecified atom stereocenters. The topological polar surface area (TPSA) is 80.1 Å². The Labute approximate surface area is 129 Å². The average molecular weight is 301 g/mol. The molecule has 0 spiro atoms. The van der Waals surface area contributed by atoms with Crippen LogP contribution in [0.25, 0.3) is 0 Å². The van der Waals surface area contributed by atoms with Crippen LogP contribution in [0, 0.1) is 13.8 Å². The van der Waals surface area contributed by atoms with Gasteiger partial charge in [0.05, 0.1) is 16.8 Å². The number of nitrogens with zero attached hydrogens (tertiary/aromatic N) is 4. The monoisotopic (exact) mass is 301 g/mol. The van der Waals surface area contributed by atoms with Crippen LogP contribution in [-0.2, 0) is 7.05 Å².